The second kappa shape index (κ2) is 7.83. The number of amides is 1. The quantitative estimate of drug-likeness (QED) is 0.798. The Morgan fingerprint density at radius 3 is 2.50 bits per heavy atom. The Kier molecular flexibility index (Phi) is 6.04. The van der Waals surface area contributed by atoms with E-state index in [1.54, 1.807) is 30.5 Å². The van der Waals surface area contributed by atoms with Crippen molar-refractivity contribution in [3.63, 3.8) is 0 Å². The van der Waals surface area contributed by atoms with Crippen LogP contribution in [0.15, 0.2) is 28.4 Å². The Bertz CT molecular complexity index is 811. The average Bonchev–Trinajstić information content (AvgIpc) is 2.82. The van der Waals surface area contributed by atoms with Crippen molar-refractivity contribution in [1.29, 1.82) is 0 Å². The van der Waals surface area contributed by atoms with Gasteiger partial charge in [0.15, 0.2) is 6.10 Å². The van der Waals surface area contributed by atoms with E-state index in [2.05, 4.69) is 5.32 Å². The second-order valence-electron chi connectivity index (χ2n) is 4.95. The predicted molar refractivity (Wildman–Crippen MR) is 94.0 cm³/mol. The molecular formula is C15H14Cl2N2O4S. The number of ether oxygens (including phenoxy) is 1. The van der Waals surface area contributed by atoms with Gasteiger partial charge in [0.05, 0.1) is 15.7 Å². The number of aromatic nitrogens is 1. The fourth-order valence-electron chi connectivity index (χ4n) is 1.86. The van der Waals surface area contributed by atoms with E-state index in [1.165, 1.54) is 11.5 Å². The van der Waals surface area contributed by atoms with Crippen LogP contribution in [0, 0.1) is 6.92 Å². The highest BCUT2D eigenvalue weighted by molar-refractivity contribution is 7.07. The van der Waals surface area contributed by atoms with E-state index in [-0.39, 0.29) is 27.2 Å². The first kappa shape index (κ1) is 18.5. The van der Waals surface area contributed by atoms with Gasteiger partial charge in [0.1, 0.15) is 6.54 Å². The summed E-state index contributed by atoms with van der Waals surface area (Å²) >= 11 is 12.9. The number of benzene rings is 1. The third-order valence-electron chi connectivity index (χ3n) is 3.15. The number of rotatable bonds is 5. The molecule has 24 heavy (non-hydrogen) atoms. The first-order valence-corrected chi connectivity index (χ1v) is 8.52. The van der Waals surface area contributed by atoms with Gasteiger partial charge in [0, 0.05) is 11.1 Å². The van der Waals surface area contributed by atoms with Crippen molar-refractivity contribution in [1.82, 2.24) is 4.57 Å². The molecular weight excluding hydrogens is 375 g/mol. The number of hydrogen-bond acceptors (Lipinski definition) is 5. The maximum Gasteiger partial charge on any atom is 0.326 e. The highest BCUT2D eigenvalue weighted by Gasteiger charge is 2.20. The summed E-state index contributed by atoms with van der Waals surface area (Å²) in [5, 5.41) is 4.71. The molecule has 1 atom stereocenters. The number of thiazole rings is 1. The van der Waals surface area contributed by atoms with Crippen LogP contribution < -0.4 is 10.2 Å². The lowest BCUT2D eigenvalue weighted by Crippen LogP contribution is -2.32. The Hall–Kier alpha value is -1.83. The van der Waals surface area contributed by atoms with Gasteiger partial charge in [0.2, 0.25) is 0 Å². The molecule has 1 aromatic carbocycles. The van der Waals surface area contributed by atoms with Crippen molar-refractivity contribution in [2.75, 3.05) is 5.32 Å². The largest absolute Gasteiger partial charge is 0.451 e. The monoisotopic (exact) mass is 388 g/mol. The molecule has 6 nitrogen and oxygen atoms in total. The van der Waals surface area contributed by atoms with Crippen LogP contribution in [0.5, 0.6) is 0 Å². The second-order valence-corrected chi connectivity index (χ2v) is 6.58. The normalized spacial score (nSPS) is 11.8. The molecule has 1 aromatic heterocycles. The molecule has 0 radical (unpaired) electrons. The van der Waals surface area contributed by atoms with Gasteiger partial charge < -0.3 is 10.1 Å². The zero-order chi connectivity index (χ0) is 17.9. The summed E-state index contributed by atoms with van der Waals surface area (Å²) in [6, 6.07) is 4.79. The van der Waals surface area contributed by atoms with E-state index in [4.69, 9.17) is 27.9 Å². The highest BCUT2D eigenvalue weighted by atomic mass is 35.5. The lowest BCUT2D eigenvalue weighted by atomic mass is 10.3. The average molecular weight is 389 g/mol. The number of para-hydroxylation sites is 1. The predicted octanol–water partition coefficient (Wildman–Crippen LogP) is 3.10. The van der Waals surface area contributed by atoms with Gasteiger partial charge in [-0.2, -0.15) is 0 Å². The number of nitrogens with one attached hydrogen (secondary N) is 1. The standard InChI is InChI=1S/C15H14Cl2N2O4S/c1-8-7-24-15(22)19(8)6-12(20)23-9(2)14(21)18-13-10(16)4-3-5-11(13)17/h3-5,7,9H,6H2,1-2H3,(H,18,21)/t9-/m1/s1. The molecule has 1 heterocycles. The van der Waals surface area contributed by atoms with E-state index >= 15 is 0 Å². The molecule has 1 N–H and O–H groups in total. The van der Waals surface area contributed by atoms with E-state index in [1.807, 2.05) is 0 Å². The van der Waals surface area contributed by atoms with E-state index < -0.39 is 18.0 Å². The molecule has 1 amide bonds. The number of anilines is 1. The van der Waals surface area contributed by atoms with Crippen molar-refractivity contribution < 1.29 is 14.3 Å². The number of hydrogen-bond donors (Lipinski definition) is 1. The molecule has 0 fully saturated rings. The molecule has 0 bridgehead atoms. The molecule has 9 heteroatoms. The molecule has 2 rings (SSSR count). The van der Waals surface area contributed by atoms with E-state index in [0.29, 0.717) is 5.69 Å². The third-order valence-corrected chi connectivity index (χ3v) is 4.66. The zero-order valence-electron chi connectivity index (χ0n) is 12.8. The number of carbonyl (C=O) groups is 2. The van der Waals surface area contributed by atoms with Gasteiger partial charge >= 0.3 is 10.8 Å². The lowest BCUT2D eigenvalue weighted by Gasteiger charge is -2.15. The zero-order valence-corrected chi connectivity index (χ0v) is 15.2. The Morgan fingerprint density at radius 2 is 1.96 bits per heavy atom. The van der Waals surface area contributed by atoms with Crippen molar-refractivity contribution in [3.8, 4) is 0 Å². The molecule has 128 valence electrons. The van der Waals surface area contributed by atoms with Crippen LogP contribution in [-0.4, -0.2) is 22.5 Å². The van der Waals surface area contributed by atoms with Crippen LogP contribution in [0.1, 0.15) is 12.6 Å². The van der Waals surface area contributed by atoms with Gasteiger partial charge in [-0.15, -0.1) is 0 Å². The molecule has 0 aliphatic heterocycles. The van der Waals surface area contributed by atoms with Crippen molar-refractivity contribution in [2.24, 2.45) is 0 Å². The molecule has 0 unspecified atom stereocenters. The smallest absolute Gasteiger partial charge is 0.326 e. The fraction of sp³-hybridized carbons (Fsp3) is 0.267. The van der Waals surface area contributed by atoms with Crippen LogP contribution in [0.2, 0.25) is 10.0 Å². The number of halogens is 2. The van der Waals surface area contributed by atoms with Crippen molar-refractivity contribution in [3.05, 3.63) is 49.0 Å². The molecule has 0 spiro atoms. The number of aryl methyl sites for hydroxylation is 1. The van der Waals surface area contributed by atoms with E-state index in [0.717, 1.165) is 11.3 Å². The molecule has 0 aliphatic rings. The molecule has 2 aromatic rings. The Balaban J connectivity index is 1.99. The molecule has 0 saturated carbocycles. The molecule has 0 aliphatic carbocycles. The summed E-state index contributed by atoms with van der Waals surface area (Å²) in [5.41, 5.74) is 0.903. The van der Waals surface area contributed by atoms with Crippen LogP contribution >= 0.6 is 34.5 Å². The maximum atomic E-state index is 12.1. The van der Waals surface area contributed by atoms with E-state index in [9.17, 15) is 14.4 Å². The van der Waals surface area contributed by atoms with Gasteiger partial charge in [-0.05, 0) is 26.0 Å². The first-order chi connectivity index (χ1) is 11.3. The Morgan fingerprint density at radius 1 is 1.33 bits per heavy atom. The lowest BCUT2D eigenvalue weighted by molar-refractivity contribution is -0.153. The van der Waals surface area contributed by atoms with Gasteiger partial charge in [0.25, 0.3) is 5.91 Å². The summed E-state index contributed by atoms with van der Waals surface area (Å²) in [7, 11) is 0. The van der Waals surface area contributed by atoms with Crippen LogP contribution in [0.3, 0.4) is 0 Å². The summed E-state index contributed by atoms with van der Waals surface area (Å²) < 4.78 is 6.34. The maximum absolute atomic E-state index is 12.1. The minimum atomic E-state index is -1.07. The van der Waals surface area contributed by atoms with Gasteiger partial charge in [-0.1, -0.05) is 40.6 Å². The Labute approximate surface area is 152 Å². The summed E-state index contributed by atoms with van der Waals surface area (Å²) in [5.74, 6) is -1.26. The topological polar surface area (TPSA) is 77.4 Å². The minimum Gasteiger partial charge on any atom is -0.451 e. The molecule has 0 saturated heterocycles. The first-order valence-electron chi connectivity index (χ1n) is 6.89. The van der Waals surface area contributed by atoms with Gasteiger partial charge in [-0.25, -0.2) is 0 Å². The van der Waals surface area contributed by atoms with Crippen LogP contribution in [-0.2, 0) is 20.9 Å². The third kappa shape index (κ3) is 4.37. The summed E-state index contributed by atoms with van der Waals surface area (Å²) in [6.07, 6.45) is -1.07. The van der Waals surface area contributed by atoms with Gasteiger partial charge in [-0.3, -0.25) is 19.0 Å². The summed E-state index contributed by atoms with van der Waals surface area (Å²) in [6.45, 7) is 2.88. The number of nitrogens with zero attached hydrogens (tertiary/aromatic N) is 1. The highest BCUT2D eigenvalue weighted by Crippen LogP contribution is 2.29. The van der Waals surface area contributed by atoms with Crippen molar-refractivity contribution in [2.45, 2.75) is 26.5 Å². The van der Waals surface area contributed by atoms with Crippen LogP contribution in [0.25, 0.3) is 0 Å². The minimum absolute atomic E-state index is 0.249. The number of carbonyl (C=O) groups excluding carboxylic acids is 2. The number of esters is 1. The summed E-state index contributed by atoms with van der Waals surface area (Å²) in [4.78, 5) is 35.3. The van der Waals surface area contributed by atoms with Crippen molar-refractivity contribution >= 4 is 52.1 Å². The fourth-order valence-corrected chi connectivity index (χ4v) is 3.08. The SMILES string of the molecule is Cc1csc(=O)n1CC(=O)O[C@H](C)C(=O)Nc1c(Cl)cccc1Cl. The van der Waals surface area contributed by atoms with Crippen LogP contribution in [0.4, 0.5) is 5.69 Å².